The maximum atomic E-state index is 12.5. The Morgan fingerprint density at radius 3 is 1.89 bits per heavy atom. The van der Waals surface area contributed by atoms with Gasteiger partial charge in [0.05, 0.1) is 16.7 Å². The molecule has 0 spiro atoms. The number of benzene rings is 1. The van der Waals surface area contributed by atoms with Crippen LogP contribution in [-0.4, -0.2) is 11.1 Å². The van der Waals surface area contributed by atoms with Gasteiger partial charge in [0.25, 0.3) is 0 Å². The molecule has 0 saturated heterocycles. The van der Waals surface area contributed by atoms with Crippen LogP contribution in [0.5, 0.6) is 0 Å². The zero-order valence-electron chi connectivity index (χ0n) is 8.78. The van der Waals surface area contributed by atoms with Gasteiger partial charge in [-0.25, -0.2) is 4.79 Å². The van der Waals surface area contributed by atoms with Crippen LogP contribution in [0.1, 0.15) is 27.0 Å². The van der Waals surface area contributed by atoms with E-state index < -0.39 is 40.6 Å². The molecule has 0 radical (unpaired) electrons. The van der Waals surface area contributed by atoms with Crippen LogP contribution in [0.4, 0.5) is 26.3 Å². The molecule has 0 amide bonds. The predicted molar refractivity (Wildman–Crippen MR) is 48.1 cm³/mol. The van der Waals surface area contributed by atoms with Crippen LogP contribution < -0.4 is 0 Å². The van der Waals surface area contributed by atoms with Crippen LogP contribution in [0.25, 0.3) is 0 Å². The lowest BCUT2D eigenvalue weighted by atomic mass is 9.97. The van der Waals surface area contributed by atoms with Crippen molar-refractivity contribution in [1.29, 1.82) is 0 Å². The maximum absolute atomic E-state index is 12.5. The van der Waals surface area contributed by atoms with Gasteiger partial charge < -0.3 is 5.11 Å². The Morgan fingerprint density at radius 2 is 1.56 bits per heavy atom. The second-order valence-corrected chi connectivity index (χ2v) is 3.52. The number of carboxylic acids is 1. The highest BCUT2D eigenvalue weighted by molar-refractivity contribution is 5.91. The van der Waals surface area contributed by atoms with Crippen molar-refractivity contribution in [2.75, 3.05) is 0 Å². The summed E-state index contributed by atoms with van der Waals surface area (Å²) in [6.45, 7) is 0.883. The van der Waals surface area contributed by atoms with E-state index in [9.17, 15) is 31.1 Å². The van der Waals surface area contributed by atoms with Crippen molar-refractivity contribution >= 4 is 5.97 Å². The topological polar surface area (TPSA) is 37.3 Å². The summed E-state index contributed by atoms with van der Waals surface area (Å²) in [5.74, 6) is -1.92. The summed E-state index contributed by atoms with van der Waals surface area (Å²) in [5.41, 5.74) is -5.10. The predicted octanol–water partition coefficient (Wildman–Crippen LogP) is 3.73. The van der Waals surface area contributed by atoms with Crippen molar-refractivity contribution in [3.63, 3.8) is 0 Å². The summed E-state index contributed by atoms with van der Waals surface area (Å²) in [4.78, 5) is 10.7. The number of alkyl halides is 6. The van der Waals surface area contributed by atoms with Crippen LogP contribution in [0, 0.1) is 6.92 Å². The average Bonchev–Trinajstić information content (AvgIpc) is 2.12. The van der Waals surface area contributed by atoms with Gasteiger partial charge in [0, 0.05) is 0 Å². The highest BCUT2D eigenvalue weighted by Crippen LogP contribution is 2.38. The van der Waals surface area contributed by atoms with Crippen molar-refractivity contribution in [2.24, 2.45) is 0 Å². The van der Waals surface area contributed by atoms with E-state index in [4.69, 9.17) is 5.11 Å². The summed E-state index contributed by atoms with van der Waals surface area (Å²) in [7, 11) is 0. The molecular formula is C10H6F6O2. The molecule has 1 aromatic carbocycles. The van der Waals surface area contributed by atoms with Crippen molar-refractivity contribution in [1.82, 2.24) is 0 Å². The molecule has 18 heavy (non-hydrogen) atoms. The van der Waals surface area contributed by atoms with E-state index in [1.807, 2.05) is 0 Å². The Kier molecular flexibility index (Phi) is 3.33. The van der Waals surface area contributed by atoms with Gasteiger partial charge in [-0.1, -0.05) is 0 Å². The molecule has 0 unspecified atom stereocenters. The minimum atomic E-state index is -5.17. The van der Waals surface area contributed by atoms with Gasteiger partial charge in [-0.3, -0.25) is 0 Å². The Hall–Kier alpha value is -1.73. The number of carboxylic acid groups (broad SMARTS) is 1. The molecule has 0 heterocycles. The van der Waals surface area contributed by atoms with E-state index in [-0.39, 0.29) is 6.07 Å². The van der Waals surface area contributed by atoms with Crippen molar-refractivity contribution in [3.8, 4) is 0 Å². The second-order valence-electron chi connectivity index (χ2n) is 3.52. The third-order valence-electron chi connectivity index (χ3n) is 2.18. The standard InChI is InChI=1S/C10H6F6O2/c1-4-2-5(9(11,12)13)3-6(10(14,15)16)7(4)8(17)18/h2-3H,1H3,(H,17,18). The van der Waals surface area contributed by atoms with Gasteiger partial charge in [0.1, 0.15) is 0 Å². The monoisotopic (exact) mass is 272 g/mol. The number of aryl methyl sites for hydroxylation is 1. The quantitative estimate of drug-likeness (QED) is 0.791. The zero-order chi connectivity index (χ0) is 14.3. The van der Waals surface area contributed by atoms with E-state index >= 15 is 0 Å². The minimum Gasteiger partial charge on any atom is -0.478 e. The van der Waals surface area contributed by atoms with Gasteiger partial charge in [0.15, 0.2) is 0 Å². The van der Waals surface area contributed by atoms with Gasteiger partial charge in [-0.05, 0) is 24.6 Å². The first-order valence-corrected chi connectivity index (χ1v) is 4.47. The summed E-state index contributed by atoms with van der Waals surface area (Å²) >= 11 is 0. The number of carbonyl (C=O) groups is 1. The fourth-order valence-corrected chi connectivity index (χ4v) is 1.46. The third kappa shape index (κ3) is 2.74. The lowest BCUT2D eigenvalue weighted by Crippen LogP contribution is -2.17. The molecule has 0 fully saturated rings. The number of aromatic carboxylic acids is 1. The molecule has 100 valence electrons. The van der Waals surface area contributed by atoms with E-state index in [1.54, 1.807) is 0 Å². The van der Waals surface area contributed by atoms with Gasteiger partial charge >= 0.3 is 18.3 Å². The molecule has 0 atom stereocenters. The smallest absolute Gasteiger partial charge is 0.417 e. The average molecular weight is 272 g/mol. The summed E-state index contributed by atoms with van der Waals surface area (Å²) in [5, 5.41) is 8.62. The SMILES string of the molecule is Cc1cc(C(F)(F)F)cc(C(F)(F)F)c1C(=O)O. The fraction of sp³-hybridized carbons (Fsp3) is 0.300. The highest BCUT2D eigenvalue weighted by atomic mass is 19.4. The molecule has 0 aliphatic carbocycles. The molecule has 1 aromatic rings. The van der Waals surface area contributed by atoms with E-state index in [0.717, 1.165) is 6.92 Å². The molecule has 2 nitrogen and oxygen atoms in total. The second kappa shape index (κ2) is 4.18. The van der Waals surface area contributed by atoms with Gasteiger partial charge in [-0.15, -0.1) is 0 Å². The Labute approximate surface area is 96.8 Å². The molecule has 0 saturated carbocycles. The molecule has 0 aromatic heterocycles. The van der Waals surface area contributed by atoms with Crippen molar-refractivity contribution < 1.29 is 36.2 Å². The number of halogens is 6. The molecular weight excluding hydrogens is 266 g/mol. The largest absolute Gasteiger partial charge is 0.478 e. The Balaban J connectivity index is 3.64. The van der Waals surface area contributed by atoms with Crippen LogP contribution in [0.2, 0.25) is 0 Å². The van der Waals surface area contributed by atoms with Crippen LogP contribution in [0.15, 0.2) is 12.1 Å². The fourth-order valence-electron chi connectivity index (χ4n) is 1.46. The molecule has 8 heteroatoms. The highest BCUT2D eigenvalue weighted by Gasteiger charge is 2.40. The maximum Gasteiger partial charge on any atom is 0.417 e. The lowest BCUT2D eigenvalue weighted by molar-refractivity contribution is -0.143. The van der Waals surface area contributed by atoms with Crippen LogP contribution >= 0.6 is 0 Å². The zero-order valence-corrected chi connectivity index (χ0v) is 8.78. The minimum absolute atomic E-state index is 0.198. The normalized spacial score (nSPS) is 12.6. The molecule has 0 aliphatic rings. The summed E-state index contributed by atoms with van der Waals surface area (Å²) < 4.78 is 74.6. The van der Waals surface area contributed by atoms with Crippen LogP contribution in [-0.2, 0) is 12.4 Å². The number of hydrogen-bond donors (Lipinski definition) is 1. The first kappa shape index (κ1) is 14.3. The third-order valence-corrected chi connectivity index (χ3v) is 2.18. The molecule has 0 bridgehead atoms. The summed E-state index contributed by atoms with van der Waals surface area (Å²) in [6.07, 6.45) is -10.1. The molecule has 1 rings (SSSR count). The van der Waals surface area contributed by atoms with Crippen molar-refractivity contribution in [2.45, 2.75) is 19.3 Å². The Bertz CT molecular complexity index is 486. The van der Waals surface area contributed by atoms with Crippen LogP contribution in [0.3, 0.4) is 0 Å². The molecule has 1 N–H and O–H groups in total. The van der Waals surface area contributed by atoms with E-state index in [2.05, 4.69) is 0 Å². The first-order valence-electron chi connectivity index (χ1n) is 4.47. The van der Waals surface area contributed by atoms with Gasteiger partial charge in [0.2, 0.25) is 0 Å². The summed E-state index contributed by atoms with van der Waals surface area (Å²) in [6, 6.07) is 0.176. The van der Waals surface area contributed by atoms with E-state index in [1.165, 1.54) is 0 Å². The van der Waals surface area contributed by atoms with Crippen molar-refractivity contribution in [3.05, 3.63) is 34.4 Å². The number of rotatable bonds is 1. The molecule has 0 aliphatic heterocycles. The van der Waals surface area contributed by atoms with Gasteiger partial charge in [-0.2, -0.15) is 26.3 Å². The first-order chi connectivity index (χ1) is 7.94. The Morgan fingerprint density at radius 1 is 1.06 bits per heavy atom. The van der Waals surface area contributed by atoms with E-state index in [0.29, 0.717) is 6.07 Å². The lowest BCUT2D eigenvalue weighted by Gasteiger charge is -2.16. The number of hydrogen-bond acceptors (Lipinski definition) is 1.